The molecular formula is C18H25N3O3. The van der Waals surface area contributed by atoms with Crippen LogP contribution < -0.4 is 10.4 Å². The lowest BCUT2D eigenvalue weighted by Gasteiger charge is -2.56. The number of carbonyl (C=O) groups excluding carboxylic acids is 1. The number of nitrogens with zero attached hydrogens (tertiary/aromatic N) is 2. The number of carbonyl (C=O) groups is 1. The number of pyridine rings is 1. The Morgan fingerprint density at radius 3 is 2.75 bits per heavy atom. The van der Waals surface area contributed by atoms with Crippen molar-refractivity contribution in [1.29, 1.82) is 0 Å². The Kier molecular flexibility index (Phi) is 4.13. The van der Waals surface area contributed by atoms with Crippen LogP contribution in [0.3, 0.4) is 0 Å². The van der Waals surface area contributed by atoms with Crippen molar-refractivity contribution < 1.29 is 14.7 Å². The standard InChI is InChI=1S/C18H25N3O3/c1-12-9-18(4)11-17(2,3)15(12)21(24-18)14-6-5-13(10-20-14)16(23)19-7-8-22/h5-6,9-10,15,22H,7-8,11H2,1-4H3,(H,19,23)/t15-,18+/m1/s1. The summed E-state index contributed by atoms with van der Waals surface area (Å²) < 4.78 is 0. The van der Waals surface area contributed by atoms with Crippen LogP contribution in [0.15, 0.2) is 30.0 Å². The van der Waals surface area contributed by atoms with E-state index in [4.69, 9.17) is 9.94 Å². The number of hydrogen-bond donors (Lipinski definition) is 2. The zero-order chi connectivity index (χ0) is 17.5. The molecule has 6 nitrogen and oxygen atoms in total. The largest absolute Gasteiger partial charge is 0.395 e. The molecule has 1 saturated heterocycles. The molecule has 2 atom stereocenters. The van der Waals surface area contributed by atoms with E-state index in [2.05, 4.69) is 44.1 Å². The second-order valence-electron chi connectivity index (χ2n) is 7.57. The average molecular weight is 331 g/mol. The molecule has 6 heteroatoms. The highest BCUT2D eigenvalue weighted by Gasteiger charge is 2.52. The van der Waals surface area contributed by atoms with E-state index in [0.29, 0.717) is 11.4 Å². The van der Waals surface area contributed by atoms with Gasteiger partial charge >= 0.3 is 0 Å². The minimum Gasteiger partial charge on any atom is -0.395 e. The van der Waals surface area contributed by atoms with Gasteiger partial charge in [-0.3, -0.25) is 9.63 Å². The Bertz CT molecular complexity index is 669. The SMILES string of the molecule is CC1=C[C@@]2(C)CC(C)(C)[C@@H]1N(c1ccc(C(=O)NCCO)cn1)O2. The number of amides is 1. The first-order valence-electron chi connectivity index (χ1n) is 8.29. The molecule has 1 aromatic rings. The highest BCUT2D eigenvalue weighted by Crippen LogP contribution is 2.50. The van der Waals surface area contributed by atoms with Crippen LogP contribution in [0.1, 0.15) is 44.5 Å². The van der Waals surface area contributed by atoms with E-state index in [9.17, 15) is 4.79 Å². The van der Waals surface area contributed by atoms with Gasteiger partial charge in [-0.05, 0) is 49.5 Å². The summed E-state index contributed by atoms with van der Waals surface area (Å²) in [4.78, 5) is 22.5. The van der Waals surface area contributed by atoms with Gasteiger partial charge in [-0.25, -0.2) is 10.0 Å². The fraction of sp³-hybridized carbons (Fsp3) is 0.556. The summed E-state index contributed by atoms with van der Waals surface area (Å²) in [5.74, 6) is 0.456. The van der Waals surface area contributed by atoms with Gasteiger partial charge in [-0.1, -0.05) is 13.8 Å². The van der Waals surface area contributed by atoms with Crippen LogP contribution in [-0.2, 0) is 4.84 Å². The summed E-state index contributed by atoms with van der Waals surface area (Å²) in [6, 6.07) is 3.66. The van der Waals surface area contributed by atoms with Crippen LogP contribution >= 0.6 is 0 Å². The Morgan fingerprint density at radius 2 is 2.21 bits per heavy atom. The number of aromatic nitrogens is 1. The van der Waals surface area contributed by atoms with Gasteiger partial charge in [0.2, 0.25) is 0 Å². The van der Waals surface area contributed by atoms with Crippen LogP contribution in [0, 0.1) is 5.41 Å². The zero-order valence-electron chi connectivity index (χ0n) is 14.7. The van der Waals surface area contributed by atoms with E-state index in [0.717, 1.165) is 6.42 Å². The zero-order valence-corrected chi connectivity index (χ0v) is 14.7. The smallest absolute Gasteiger partial charge is 0.252 e. The highest BCUT2D eigenvalue weighted by atomic mass is 16.7. The van der Waals surface area contributed by atoms with Gasteiger partial charge in [-0.2, -0.15) is 0 Å². The van der Waals surface area contributed by atoms with Crippen molar-refractivity contribution in [2.24, 2.45) is 5.41 Å². The van der Waals surface area contributed by atoms with Crippen molar-refractivity contribution in [3.8, 4) is 0 Å². The fourth-order valence-electron chi connectivity index (χ4n) is 4.17. The van der Waals surface area contributed by atoms with Crippen LogP contribution in [0.2, 0.25) is 0 Å². The van der Waals surface area contributed by atoms with E-state index in [1.807, 2.05) is 5.06 Å². The first kappa shape index (κ1) is 16.9. The van der Waals surface area contributed by atoms with E-state index < -0.39 is 0 Å². The Labute approximate surface area is 142 Å². The summed E-state index contributed by atoms with van der Waals surface area (Å²) >= 11 is 0. The minimum absolute atomic E-state index is 0.0741. The number of hydrogen-bond acceptors (Lipinski definition) is 5. The van der Waals surface area contributed by atoms with Crippen molar-refractivity contribution in [3.05, 3.63) is 35.5 Å². The van der Waals surface area contributed by atoms with Crippen LogP contribution in [0.25, 0.3) is 0 Å². The lowest BCUT2D eigenvalue weighted by molar-refractivity contribution is -0.117. The van der Waals surface area contributed by atoms with Crippen molar-refractivity contribution in [3.63, 3.8) is 0 Å². The third kappa shape index (κ3) is 2.91. The second-order valence-corrected chi connectivity index (χ2v) is 7.57. The molecule has 0 spiro atoms. The maximum Gasteiger partial charge on any atom is 0.252 e. The number of aliphatic hydroxyl groups excluding tert-OH is 1. The molecule has 1 fully saturated rings. The molecule has 0 aromatic carbocycles. The topological polar surface area (TPSA) is 74.7 Å². The van der Waals surface area contributed by atoms with Crippen molar-refractivity contribution in [1.82, 2.24) is 10.3 Å². The molecule has 1 aliphatic carbocycles. The van der Waals surface area contributed by atoms with Crippen LogP contribution in [0.4, 0.5) is 5.82 Å². The number of aliphatic hydroxyl groups is 1. The van der Waals surface area contributed by atoms with E-state index in [1.165, 1.54) is 5.57 Å². The van der Waals surface area contributed by atoms with Crippen molar-refractivity contribution >= 4 is 11.7 Å². The Balaban J connectivity index is 1.85. The quantitative estimate of drug-likeness (QED) is 0.826. The number of rotatable bonds is 4. The lowest BCUT2D eigenvalue weighted by atomic mass is 9.66. The predicted octanol–water partition coefficient (Wildman–Crippen LogP) is 2.06. The third-order valence-electron chi connectivity index (χ3n) is 4.69. The van der Waals surface area contributed by atoms with E-state index in [-0.39, 0.29) is 36.1 Å². The normalized spacial score (nSPS) is 27.8. The summed E-state index contributed by atoms with van der Waals surface area (Å²) in [7, 11) is 0. The molecule has 2 bridgehead atoms. The Hall–Kier alpha value is -1.92. The van der Waals surface area contributed by atoms with E-state index >= 15 is 0 Å². The molecule has 130 valence electrons. The molecule has 0 unspecified atom stereocenters. The van der Waals surface area contributed by atoms with Gasteiger partial charge < -0.3 is 10.4 Å². The van der Waals surface area contributed by atoms with Gasteiger partial charge in [0.15, 0.2) is 5.82 Å². The van der Waals surface area contributed by atoms with Crippen LogP contribution in [-0.4, -0.2) is 40.8 Å². The first-order valence-corrected chi connectivity index (χ1v) is 8.29. The molecule has 0 saturated carbocycles. The second kappa shape index (κ2) is 5.86. The summed E-state index contributed by atoms with van der Waals surface area (Å²) in [6.07, 6.45) is 4.71. The summed E-state index contributed by atoms with van der Waals surface area (Å²) in [5, 5.41) is 13.3. The number of anilines is 1. The number of nitrogens with one attached hydrogen (secondary N) is 1. The number of fused-ring (bicyclic) bond motifs is 2. The molecule has 0 radical (unpaired) electrons. The molecule has 24 heavy (non-hydrogen) atoms. The third-order valence-corrected chi connectivity index (χ3v) is 4.69. The van der Waals surface area contributed by atoms with Gasteiger partial charge in [0.25, 0.3) is 5.91 Å². The molecule has 2 aliphatic heterocycles. The van der Waals surface area contributed by atoms with Crippen molar-refractivity contribution in [2.75, 3.05) is 18.2 Å². The van der Waals surface area contributed by atoms with Gasteiger partial charge in [0.05, 0.1) is 18.2 Å². The van der Waals surface area contributed by atoms with Crippen LogP contribution in [0.5, 0.6) is 0 Å². The molecule has 3 heterocycles. The van der Waals surface area contributed by atoms with E-state index in [1.54, 1.807) is 18.3 Å². The highest BCUT2D eigenvalue weighted by molar-refractivity contribution is 5.94. The maximum absolute atomic E-state index is 11.9. The van der Waals surface area contributed by atoms with Crippen molar-refractivity contribution in [2.45, 2.75) is 45.8 Å². The molecule has 3 aliphatic rings. The van der Waals surface area contributed by atoms with Gasteiger partial charge in [-0.15, -0.1) is 0 Å². The number of hydroxylamine groups is 1. The molecule has 1 aromatic heterocycles. The average Bonchev–Trinajstić information content (AvgIpc) is 2.49. The summed E-state index contributed by atoms with van der Waals surface area (Å²) in [6.45, 7) is 8.87. The van der Waals surface area contributed by atoms with Gasteiger partial charge in [0, 0.05) is 12.7 Å². The lowest BCUT2D eigenvalue weighted by Crippen LogP contribution is -2.61. The first-order chi connectivity index (χ1) is 11.3. The molecular weight excluding hydrogens is 306 g/mol. The monoisotopic (exact) mass is 331 g/mol. The fourth-order valence-corrected chi connectivity index (χ4v) is 4.17. The van der Waals surface area contributed by atoms with Gasteiger partial charge in [0.1, 0.15) is 5.60 Å². The minimum atomic E-state index is -0.332. The predicted molar refractivity (Wildman–Crippen MR) is 91.6 cm³/mol. The maximum atomic E-state index is 11.9. The molecule has 1 amide bonds. The summed E-state index contributed by atoms with van der Waals surface area (Å²) in [5.41, 5.74) is 1.49. The molecule has 2 N–H and O–H groups in total. The Morgan fingerprint density at radius 1 is 1.46 bits per heavy atom. The molecule has 4 rings (SSSR count).